The number of halogens is 2. The standard InChI is InChI=1S/C16H15Br2NO/c1-11-7-9-13(10-8-11)19-16(20)15(18)14(17)12-5-3-2-4-6-12/h2-10,14-15H,1H3,(H,19,20). The van der Waals surface area contributed by atoms with E-state index < -0.39 is 0 Å². The van der Waals surface area contributed by atoms with Gasteiger partial charge in [0.2, 0.25) is 5.91 Å². The summed E-state index contributed by atoms with van der Waals surface area (Å²) < 4.78 is 0. The van der Waals surface area contributed by atoms with Crippen molar-refractivity contribution in [1.29, 1.82) is 0 Å². The Morgan fingerprint density at radius 3 is 2.20 bits per heavy atom. The quantitative estimate of drug-likeness (QED) is 0.736. The highest BCUT2D eigenvalue weighted by Gasteiger charge is 2.24. The van der Waals surface area contributed by atoms with Gasteiger partial charge in [0.05, 0.1) is 4.83 Å². The molecule has 20 heavy (non-hydrogen) atoms. The van der Waals surface area contributed by atoms with E-state index in [9.17, 15) is 4.79 Å². The number of nitrogens with one attached hydrogen (secondary N) is 1. The molecule has 2 unspecified atom stereocenters. The summed E-state index contributed by atoms with van der Waals surface area (Å²) in [6, 6.07) is 17.6. The van der Waals surface area contributed by atoms with Crippen LogP contribution in [0.25, 0.3) is 0 Å². The Morgan fingerprint density at radius 1 is 1.00 bits per heavy atom. The van der Waals surface area contributed by atoms with E-state index in [2.05, 4.69) is 37.2 Å². The molecule has 0 aliphatic heterocycles. The van der Waals surface area contributed by atoms with Crippen LogP contribution in [0.1, 0.15) is 16.0 Å². The zero-order valence-corrected chi connectivity index (χ0v) is 14.2. The first-order chi connectivity index (χ1) is 9.58. The molecule has 0 spiro atoms. The third kappa shape index (κ3) is 3.93. The second kappa shape index (κ2) is 7.04. The summed E-state index contributed by atoms with van der Waals surface area (Å²) >= 11 is 7.03. The van der Waals surface area contributed by atoms with Gasteiger partial charge in [0, 0.05) is 5.69 Å². The van der Waals surface area contributed by atoms with Gasteiger partial charge in [-0.2, -0.15) is 0 Å². The van der Waals surface area contributed by atoms with Gasteiger partial charge in [0.15, 0.2) is 0 Å². The Labute approximate surface area is 135 Å². The second-order valence-corrected chi connectivity index (χ2v) is 6.54. The van der Waals surface area contributed by atoms with Crippen molar-refractivity contribution in [2.24, 2.45) is 0 Å². The summed E-state index contributed by atoms with van der Waals surface area (Å²) in [6.45, 7) is 2.02. The van der Waals surface area contributed by atoms with Gasteiger partial charge in [-0.25, -0.2) is 0 Å². The monoisotopic (exact) mass is 395 g/mol. The highest BCUT2D eigenvalue weighted by Crippen LogP contribution is 2.31. The van der Waals surface area contributed by atoms with Gasteiger partial charge in [-0.1, -0.05) is 79.9 Å². The van der Waals surface area contributed by atoms with Crippen LogP contribution in [-0.4, -0.2) is 10.7 Å². The summed E-state index contributed by atoms with van der Waals surface area (Å²) in [5.74, 6) is -0.0698. The van der Waals surface area contributed by atoms with E-state index in [-0.39, 0.29) is 15.6 Å². The first-order valence-corrected chi connectivity index (χ1v) is 8.11. The van der Waals surface area contributed by atoms with E-state index in [0.717, 1.165) is 11.3 Å². The molecule has 2 rings (SSSR count). The fourth-order valence-electron chi connectivity index (χ4n) is 1.79. The van der Waals surface area contributed by atoms with Gasteiger partial charge in [0.1, 0.15) is 4.83 Å². The first-order valence-electron chi connectivity index (χ1n) is 6.28. The van der Waals surface area contributed by atoms with E-state index in [1.165, 1.54) is 5.56 Å². The number of carbonyl (C=O) groups excluding carboxylic acids is 1. The number of alkyl halides is 2. The van der Waals surface area contributed by atoms with Crippen molar-refractivity contribution in [3.63, 3.8) is 0 Å². The number of anilines is 1. The number of benzene rings is 2. The van der Waals surface area contributed by atoms with Crippen LogP contribution < -0.4 is 5.32 Å². The SMILES string of the molecule is Cc1ccc(NC(=O)C(Br)C(Br)c2ccccc2)cc1. The van der Waals surface area contributed by atoms with E-state index in [4.69, 9.17) is 0 Å². The van der Waals surface area contributed by atoms with Crippen LogP contribution >= 0.6 is 31.9 Å². The summed E-state index contributed by atoms with van der Waals surface area (Å²) in [7, 11) is 0. The second-order valence-electron chi connectivity index (χ2n) is 4.57. The van der Waals surface area contributed by atoms with Crippen LogP contribution in [0.2, 0.25) is 0 Å². The zero-order chi connectivity index (χ0) is 14.5. The van der Waals surface area contributed by atoms with Crippen molar-refractivity contribution in [3.05, 3.63) is 65.7 Å². The third-order valence-electron chi connectivity index (χ3n) is 2.94. The van der Waals surface area contributed by atoms with Gasteiger partial charge >= 0.3 is 0 Å². The fourth-order valence-corrected chi connectivity index (χ4v) is 2.75. The van der Waals surface area contributed by atoms with Gasteiger partial charge in [-0.05, 0) is 24.6 Å². The van der Waals surface area contributed by atoms with E-state index in [1.54, 1.807) is 0 Å². The lowest BCUT2D eigenvalue weighted by Crippen LogP contribution is -2.26. The average molecular weight is 397 g/mol. The third-order valence-corrected chi connectivity index (χ3v) is 5.66. The number of rotatable bonds is 4. The Hall–Kier alpha value is -1.13. The van der Waals surface area contributed by atoms with Crippen LogP contribution in [0, 0.1) is 6.92 Å². The Bertz CT molecular complexity index is 569. The molecule has 0 bridgehead atoms. The molecule has 4 heteroatoms. The van der Waals surface area contributed by atoms with Crippen LogP contribution in [0.5, 0.6) is 0 Å². The molecule has 0 aliphatic carbocycles. The van der Waals surface area contributed by atoms with Gasteiger partial charge < -0.3 is 5.32 Å². The molecule has 0 aliphatic rings. The Balaban J connectivity index is 2.03. The van der Waals surface area contributed by atoms with E-state index in [1.807, 2.05) is 61.5 Å². The maximum atomic E-state index is 12.2. The van der Waals surface area contributed by atoms with E-state index >= 15 is 0 Å². The molecule has 104 valence electrons. The first kappa shape index (κ1) is 15.3. The summed E-state index contributed by atoms with van der Waals surface area (Å²) in [5.41, 5.74) is 3.03. The highest BCUT2D eigenvalue weighted by atomic mass is 79.9. The smallest absolute Gasteiger partial charge is 0.239 e. The molecular weight excluding hydrogens is 382 g/mol. The fraction of sp³-hybridized carbons (Fsp3) is 0.188. The summed E-state index contributed by atoms with van der Waals surface area (Å²) in [6.07, 6.45) is 0. The molecule has 0 aromatic heterocycles. The van der Waals surface area contributed by atoms with Crippen LogP contribution in [0.4, 0.5) is 5.69 Å². The van der Waals surface area contributed by atoms with E-state index in [0.29, 0.717) is 0 Å². The van der Waals surface area contributed by atoms with Crippen molar-refractivity contribution < 1.29 is 4.79 Å². The minimum atomic E-state index is -0.341. The lowest BCUT2D eigenvalue weighted by molar-refractivity contribution is -0.115. The molecule has 2 aromatic rings. The zero-order valence-electron chi connectivity index (χ0n) is 11.0. The molecule has 1 N–H and O–H groups in total. The van der Waals surface area contributed by atoms with Gasteiger partial charge in [-0.3, -0.25) is 4.79 Å². The van der Waals surface area contributed by atoms with Crippen molar-refractivity contribution >= 4 is 43.5 Å². The molecule has 0 saturated heterocycles. The molecule has 0 fully saturated rings. The number of amides is 1. The normalized spacial score (nSPS) is 13.6. The predicted octanol–water partition coefficient (Wildman–Crippen LogP) is 4.83. The minimum Gasteiger partial charge on any atom is -0.325 e. The molecule has 2 aromatic carbocycles. The molecule has 0 radical (unpaired) electrons. The molecular formula is C16H15Br2NO. The van der Waals surface area contributed by atoms with Crippen molar-refractivity contribution in [1.82, 2.24) is 0 Å². The lowest BCUT2D eigenvalue weighted by atomic mass is 10.1. The maximum Gasteiger partial charge on any atom is 0.239 e. The predicted molar refractivity (Wildman–Crippen MR) is 90.6 cm³/mol. The van der Waals surface area contributed by atoms with Gasteiger partial charge in [0.25, 0.3) is 0 Å². The van der Waals surface area contributed by atoms with Crippen molar-refractivity contribution in [2.45, 2.75) is 16.6 Å². The summed E-state index contributed by atoms with van der Waals surface area (Å²) in [4.78, 5) is 11.8. The Kier molecular flexibility index (Phi) is 5.38. The molecule has 0 saturated carbocycles. The minimum absolute atomic E-state index is 0.0698. The lowest BCUT2D eigenvalue weighted by Gasteiger charge is -2.17. The summed E-state index contributed by atoms with van der Waals surface area (Å²) in [5, 5.41) is 2.90. The number of aryl methyl sites for hydroxylation is 1. The number of hydrogen-bond donors (Lipinski definition) is 1. The maximum absolute atomic E-state index is 12.2. The van der Waals surface area contributed by atoms with Gasteiger partial charge in [-0.15, -0.1) is 0 Å². The molecule has 1 amide bonds. The molecule has 2 nitrogen and oxygen atoms in total. The van der Waals surface area contributed by atoms with Crippen LogP contribution in [0.15, 0.2) is 54.6 Å². The molecule has 0 heterocycles. The average Bonchev–Trinajstić information content (AvgIpc) is 2.49. The topological polar surface area (TPSA) is 29.1 Å². The Morgan fingerprint density at radius 2 is 1.60 bits per heavy atom. The highest BCUT2D eigenvalue weighted by molar-refractivity contribution is 9.12. The number of carbonyl (C=O) groups is 1. The van der Waals surface area contributed by atoms with Crippen LogP contribution in [0.3, 0.4) is 0 Å². The largest absolute Gasteiger partial charge is 0.325 e. The number of hydrogen-bond acceptors (Lipinski definition) is 1. The van der Waals surface area contributed by atoms with Crippen molar-refractivity contribution in [3.8, 4) is 0 Å². The van der Waals surface area contributed by atoms with Crippen LogP contribution in [-0.2, 0) is 4.79 Å². The molecule has 2 atom stereocenters. The van der Waals surface area contributed by atoms with Crippen molar-refractivity contribution in [2.75, 3.05) is 5.32 Å².